The summed E-state index contributed by atoms with van der Waals surface area (Å²) in [5, 5.41) is 2.62. The van der Waals surface area contributed by atoms with Gasteiger partial charge in [-0.2, -0.15) is 0 Å². The van der Waals surface area contributed by atoms with Gasteiger partial charge in [-0.25, -0.2) is 4.79 Å². The lowest BCUT2D eigenvalue weighted by molar-refractivity contribution is 0.0679. The fraction of sp³-hybridized carbons (Fsp3) is 0.556. The monoisotopic (exact) mass is 318 g/mol. The molecule has 0 spiro atoms. The fourth-order valence-electron chi connectivity index (χ4n) is 2.98. The highest BCUT2D eigenvalue weighted by atomic mass is 16.5. The molecule has 0 radical (unpaired) electrons. The van der Waals surface area contributed by atoms with E-state index in [4.69, 9.17) is 4.74 Å². The number of benzene rings is 1. The van der Waals surface area contributed by atoms with Gasteiger partial charge in [0.1, 0.15) is 0 Å². The SMILES string of the molecule is CCOC(=O)Nc1ccc(C(=O)N(C)C2CCC(C)CC2)cc1. The minimum absolute atomic E-state index is 0.0345. The lowest BCUT2D eigenvalue weighted by Crippen LogP contribution is -2.39. The summed E-state index contributed by atoms with van der Waals surface area (Å²) in [6.45, 7) is 4.35. The van der Waals surface area contributed by atoms with Gasteiger partial charge < -0.3 is 9.64 Å². The highest BCUT2D eigenvalue weighted by Crippen LogP contribution is 2.27. The summed E-state index contributed by atoms with van der Waals surface area (Å²) >= 11 is 0. The second kappa shape index (κ2) is 7.99. The number of carbonyl (C=O) groups is 2. The summed E-state index contributed by atoms with van der Waals surface area (Å²) in [5.41, 5.74) is 1.26. The molecule has 1 aromatic carbocycles. The molecule has 126 valence electrons. The van der Waals surface area contributed by atoms with Crippen LogP contribution in [0.5, 0.6) is 0 Å². The van der Waals surface area contributed by atoms with Gasteiger partial charge in [0.2, 0.25) is 0 Å². The first-order valence-electron chi connectivity index (χ1n) is 8.32. The lowest BCUT2D eigenvalue weighted by atomic mass is 9.86. The van der Waals surface area contributed by atoms with Crippen LogP contribution in [0.3, 0.4) is 0 Å². The molecule has 1 aliphatic rings. The summed E-state index contributed by atoms with van der Waals surface area (Å²) in [6.07, 6.45) is 4.03. The molecule has 0 bridgehead atoms. The Morgan fingerprint density at radius 2 is 1.78 bits per heavy atom. The second-order valence-electron chi connectivity index (χ2n) is 6.25. The number of hydrogen-bond donors (Lipinski definition) is 1. The number of hydrogen-bond acceptors (Lipinski definition) is 3. The van der Waals surface area contributed by atoms with E-state index in [9.17, 15) is 9.59 Å². The Hall–Kier alpha value is -2.04. The van der Waals surface area contributed by atoms with Crippen LogP contribution in [0.2, 0.25) is 0 Å². The number of nitrogens with zero attached hydrogens (tertiary/aromatic N) is 1. The Morgan fingerprint density at radius 3 is 2.35 bits per heavy atom. The Morgan fingerprint density at radius 1 is 1.17 bits per heavy atom. The van der Waals surface area contributed by atoms with Gasteiger partial charge in [0.15, 0.2) is 0 Å². The molecule has 0 saturated heterocycles. The van der Waals surface area contributed by atoms with Crippen molar-refractivity contribution >= 4 is 17.7 Å². The maximum absolute atomic E-state index is 12.6. The number of ether oxygens (including phenoxy) is 1. The largest absolute Gasteiger partial charge is 0.450 e. The van der Waals surface area contributed by atoms with Crippen LogP contribution in [0.4, 0.5) is 10.5 Å². The van der Waals surface area contributed by atoms with Gasteiger partial charge in [-0.1, -0.05) is 6.92 Å². The molecule has 0 aromatic heterocycles. The van der Waals surface area contributed by atoms with E-state index in [1.807, 2.05) is 11.9 Å². The van der Waals surface area contributed by atoms with Gasteiger partial charge in [0, 0.05) is 24.3 Å². The summed E-state index contributed by atoms with van der Waals surface area (Å²) in [7, 11) is 1.88. The van der Waals surface area contributed by atoms with E-state index in [-0.39, 0.29) is 5.91 Å². The predicted octanol–water partition coefficient (Wildman–Crippen LogP) is 3.91. The summed E-state index contributed by atoms with van der Waals surface area (Å²) < 4.78 is 4.82. The van der Waals surface area contributed by atoms with E-state index in [1.165, 1.54) is 12.8 Å². The van der Waals surface area contributed by atoms with Gasteiger partial charge in [-0.3, -0.25) is 10.1 Å². The van der Waals surface area contributed by atoms with Gasteiger partial charge in [0.25, 0.3) is 5.91 Å². The van der Waals surface area contributed by atoms with E-state index in [2.05, 4.69) is 12.2 Å². The third kappa shape index (κ3) is 4.71. The maximum Gasteiger partial charge on any atom is 0.411 e. The number of rotatable bonds is 4. The van der Waals surface area contributed by atoms with Crippen LogP contribution in [0, 0.1) is 5.92 Å². The first-order valence-corrected chi connectivity index (χ1v) is 8.32. The van der Waals surface area contributed by atoms with Crippen molar-refractivity contribution in [2.75, 3.05) is 19.0 Å². The van der Waals surface area contributed by atoms with Gasteiger partial charge in [-0.15, -0.1) is 0 Å². The third-order valence-corrected chi connectivity index (χ3v) is 4.51. The molecule has 0 unspecified atom stereocenters. The van der Waals surface area contributed by atoms with E-state index >= 15 is 0 Å². The molecule has 23 heavy (non-hydrogen) atoms. The van der Waals surface area contributed by atoms with Crippen molar-refractivity contribution in [1.29, 1.82) is 0 Å². The normalized spacial score (nSPS) is 20.7. The number of anilines is 1. The Bertz CT molecular complexity index is 534. The van der Waals surface area contributed by atoms with Gasteiger partial charge in [-0.05, 0) is 62.8 Å². The van der Waals surface area contributed by atoms with Crippen molar-refractivity contribution in [3.05, 3.63) is 29.8 Å². The maximum atomic E-state index is 12.6. The van der Waals surface area contributed by atoms with Crippen molar-refractivity contribution in [1.82, 2.24) is 4.90 Å². The van der Waals surface area contributed by atoms with Crippen LogP contribution in [0.25, 0.3) is 0 Å². The number of nitrogens with one attached hydrogen (secondary N) is 1. The zero-order valence-corrected chi connectivity index (χ0v) is 14.2. The molecule has 1 aliphatic carbocycles. The standard InChI is InChI=1S/C18H26N2O3/c1-4-23-18(22)19-15-9-7-14(8-10-15)17(21)20(3)16-11-5-13(2)6-12-16/h7-10,13,16H,4-6,11-12H2,1-3H3,(H,19,22). The first kappa shape index (κ1) is 17.3. The molecule has 2 amide bonds. The van der Waals surface area contributed by atoms with Gasteiger partial charge in [0.05, 0.1) is 6.61 Å². The molecule has 5 heteroatoms. The minimum Gasteiger partial charge on any atom is -0.450 e. The van der Waals surface area contributed by atoms with Crippen LogP contribution in [-0.4, -0.2) is 36.6 Å². The van der Waals surface area contributed by atoms with Crippen molar-refractivity contribution in [2.45, 2.75) is 45.6 Å². The quantitative estimate of drug-likeness (QED) is 0.916. The number of carbonyl (C=O) groups excluding carboxylic acids is 2. The van der Waals surface area contributed by atoms with E-state index in [0.717, 1.165) is 18.8 Å². The van der Waals surface area contributed by atoms with Crippen molar-refractivity contribution in [3.63, 3.8) is 0 Å². The average molecular weight is 318 g/mol. The molecule has 1 fully saturated rings. The Balaban J connectivity index is 1.95. The zero-order valence-electron chi connectivity index (χ0n) is 14.2. The second-order valence-corrected chi connectivity index (χ2v) is 6.25. The zero-order chi connectivity index (χ0) is 16.8. The Kier molecular flexibility index (Phi) is 6.02. The molecular formula is C18H26N2O3. The lowest BCUT2D eigenvalue weighted by Gasteiger charge is -2.33. The first-order chi connectivity index (χ1) is 11.0. The van der Waals surface area contributed by atoms with Gasteiger partial charge >= 0.3 is 6.09 Å². The van der Waals surface area contributed by atoms with Crippen LogP contribution >= 0.6 is 0 Å². The Labute approximate surface area is 138 Å². The summed E-state index contributed by atoms with van der Waals surface area (Å²) in [6, 6.07) is 7.26. The minimum atomic E-state index is -0.486. The average Bonchev–Trinajstić information content (AvgIpc) is 2.55. The molecule has 0 aliphatic heterocycles. The molecule has 1 N–H and O–H groups in total. The molecule has 0 atom stereocenters. The smallest absolute Gasteiger partial charge is 0.411 e. The third-order valence-electron chi connectivity index (χ3n) is 4.51. The van der Waals surface area contributed by atoms with Crippen molar-refractivity contribution < 1.29 is 14.3 Å². The van der Waals surface area contributed by atoms with Crippen LogP contribution in [0.15, 0.2) is 24.3 Å². The number of amides is 2. The van der Waals surface area contributed by atoms with Crippen molar-refractivity contribution in [2.24, 2.45) is 5.92 Å². The molecule has 0 heterocycles. The van der Waals surface area contributed by atoms with E-state index < -0.39 is 6.09 Å². The van der Waals surface area contributed by atoms with E-state index in [0.29, 0.717) is 23.9 Å². The molecule has 2 rings (SSSR count). The van der Waals surface area contributed by atoms with Crippen molar-refractivity contribution in [3.8, 4) is 0 Å². The predicted molar refractivity (Wildman–Crippen MR) is 90.6 cm³/mol. The topological polar surface area (TPSA) is 58.6 Å². The van der Waals surface area contributed by atoms with E-state index in [1.54, 1.807) is 31.2 Å². The highest BCUT2D eigenvalue weighted by Gasteiger charge is 2.25. The molecule has 1 saturated carbocycles. The fourth-order valence-corrected chi connectivity index (χ4v) is 2.98. The molecular weight excluding hydrogens is 292 g/mol. The van der Waals surface area contributed by atoms with Crippen LogP contribution in [-0.2, 0) is 4.74 Å². The summed E-state index contributed by atoms with van der Waals surface area (Å²) in [4.78, 5) is 25.8. The molecule has 1 aromatic rings. The summed E-state index contributed by atoms with van der Waals surface area (Å²) in [5.74, 6) is 0.801. The van der Waals surface area contributed by atoms with Crippen LogP contribution < -0.4 is 5.32 Å². The molecule has 5 nitrogen and oxygen atoms in total. The highest BCUT2D eigenvalue weighted by molar-refractivity contribution is 5.95. The van der Waals surface area contributed by atoms with Crippen LogP contribution in [0.1, 0.15) is 49.9 Å².